The molecule has 4 rings (SSSR count). The van der Waals surface area contributed by atoms with E-state index in [1.807, 2.05) is 29.2 Å². The molecule has 0 bridgehead atoms. The highest BCUT2D eigenvalue weighted by atomic mass is 35.5. The number of piperazine rings is 1. The van der Waals surface area contributed by atoms with Gasteiger partial charge in [0.05, 0.1) is 18.8 Å². The summed E-state index contributed by atoms with van der Waals surface area (Å²) in [6.45, 7) is 4.17. The molecule has 0 spiro atoms. The first kappa shape index (κ1) is 20.3. The molecule has 0 radical (unpaired) electrons. The molecule has 1 amide bonds. The Bertz CT molecular complexity index is 849. The largest absolute Gasteiger partial charge is 0.473 e. The average molecular weight is 436 g/mol. The van der Waals surface area contributed by atoms with Gasteiger partial charge in [-0.25, -0.2) is 4.98 Å². The SMILES string of the molecule is O=C(c1cnc(OC2CCOCC2)c(Cl)c1)N1CCN(c2ccc(Cl)cc2)CC1. The first-order chi connectivity index (χ1) is 14.1. The fourth-order valence-corrected chi connectivity index (χ4v) is 3.92. The van der Waals surface area contributed by atoms with Crippen LogP contribution in [0.2, 0.25) is 10.0 Å². The van der Waals surface area contributed by atoms with Crippen molar-refractivity contribution in [2.75, 3.05) is 44.3 Å². The van der Waals surface area contributed by atoms with Crippen LogP contribution in [0, 0.1) is 0 Å². The number of halogens is 2. The average Bonchev–Trinajstić information content (AvgIpc) is 2.76. The minimum Gasteiger partial charge on any atom is -0.473 e. The Balaban J connectivity index is 1.36. The maximum absolute atomic E-state index is 12.9. The number of benzene rings is 1. The van der Waals surface area contributed by atoms with Crippen LogP contribution < -0.4 is 9.64 Å². The van der Waals surface area contributed by atoms with E-state index in [-0.39, 0.29) is 12.0 Å². The van der Waals surface area contributed by atoms with Gasteiger partial charge in [-0.3, -0.25) is 4.79 Å². The van der Waals surface area contributed by atoms with Crippen LogP contribution >= 0.6 is 23.2 Å². The lowest BCUT2D eigenvalue weighted by Gasteiger charge is -2.36. The molecule has 154 valence electrons. The van der Waals surface area contributed by atoms with E-state index in [4.69, 9.17) is 32.7 Å². The van der Waals surface area contributed by atoms with Gasteiger partial charge in [-0.1, -0.05) is 23.2 Å². The monoisotopic (exact) mass is 435 g/mol. The molecule has 3 heterocycles. The van der Waals surface area contributed by atoms with Gasteiger partial charge in [0.25, 0.3) is 5.91 Å². The molecule has 2 aromatic rings. The van der Waals surface area contributed by atoms with Crippen molar-refractivity contribution < 1.29 is 14.3 Å². The van der Waals surface area contributed by atoms with Gasteiger partial charge in [-0.2, -0.15) is 0 Å². The smallest absolute Gasteiger partial charge is 0.255 e. The number of carbonyl (C=O) groups excluding carboxylic acids is 1. The van der Waals surface area contributed by atoms with Gasteiger partial charge in [0, 0.05) is 55.9 Å². The van der Waals surface area contributed by atoms with Crippen LogP contribution in [0.25, 0.3) is 0 Å². The van der Waals surface area contributed by atoms with Crippen LogP contribution in [-0.4, -0.2) is 61.3 Å². The Hall–Kier alpha value is -2.02. The first-order valence-electron chi connectivity index (χ1n) is 9.80. The van der Waals surface area contributed by atoms with Crippen molar-refractivity contribution in [3.8, 4) is 5.88 Å². The van der Waals surface area contributed by atoms with E-state index in [1.54, 1.807) is 12.3 Å². The Kier molecular flexibility index (Phi) is 6.43. The normalized spacial score (nSPS) is 18.0. The molecule has 0 aliphatic carbocycles. The molecular formula is C21H23Cl2N3O3. The number of pyridine rings is 1. The summed E-state index contributed by atoms with van der Waals surface area (Å²) in [5, 5.41) is 1.08. The van der Waals surface area contributed by atoms with Crippen LogP contribution in [0.15, 0.2) is 36.5 Å². The molecule has 0 N–H and O–H groups in total. The van der Waals surface area contributed by atoms with Crippen molar-refractivity contribution in [3.63, 3.8) is 0 Å². The zero-order chi connectivity index (χ0) is 20.2. The van der Waals surface area contributed by atoms with E-state index >= 15 is 0 Å². The summed E-state index contributed by atoms with van der Waals surface area (Å²) in [6, 6.07) is 9.41. The van der Waals surface area contributed by atoms with Crippen LogP contribution in [0.5, 0.6) is 5.88 Å². The number of nitrogens with zero attached hydrogens (tertiary/aromatic N) is 3. The topological polar surface area (TPSA) is 54.9 Å². The fourth-order valence-electron chi connectivity index (χ4n) is 3.58. The zero-order valence-corrected chi connectivity index (χ0v) is 17.5. The molecule has 0 saturated carbocycles. The molecule has 8 heteroatoms. The quantitative estimate of drug-likeness (QED) is 0.728. The van der Waals surface area contributed by atoms with Crippen molar-refractivity contribution in [3.05, 3.63) is 52.1 Å². The maximum atomic E-state index is 12.9. The van der Waals surface area contributed by atoms with Gasteiger partial charge in [-0.15, -0.1) is 0 Å². The second kappa shape index (κ2) is 9.20. The lowest BCUT2D eigenvalue weighted by molar-refractivity contribution is 0.0238. The van der Waals surface area contributed by atoms with Crippen molar-refractivity contribution in [1.29, 1.82) is 0 Å². The van der Waals surface area contributed by atoms with Crippen LogP contribution in [0.1, 0.15) is 23.2 Å². The Morgan fingerprint density at radius 3 is 2.41 bits per heavy atom. The van der Waals surface area contributed by atoms with Crippen molar-refractivity contribution >= 4 is 34.8 Å². The standard InChI is InChI=1S/C21H23Cl2N3O3/c22-16-1-3-17(4-2-16)25-7-9-26(10-8-25)21(27)15-13-19(23)20(24-14-15)29-18-5-11-28-12-6-18/h1-4,13-14,18H,5-12H2. The van der Waals surface area contributed by atoms with Crippen LogP contribution in [0.3, 0.4) is 0 Å². The van der Waals surface area contributed by atoms with Crippen molar-refractivity contribution in [1.82, 2.24) is 9.88 Å². The number of rotatable bonds is 4. The summed E-state index contributed by atoms with van der Waals surface area (Å²) >= 11 is 12.3. The molecule has 1 aromatic carbocycles. The second-order valence-corrected chi connectivity index (χ2v) is 8.04. The zero-order valence-electron chi connectivity index (χ0n) is 16.0. The molecule has 2 aliphatic rings. The highest BCUT2D eigenvalue weighted by molar-refractivity contribution is 6.32. The van der Waals surface area contributed by atoms with E-state index in [1.165, 1.54) is 0 Å². The van der Waals surface area contributed by atoms with Gasteiger partial charge in [0.2, 0.25) is 5.88 Å². The fraction of sp³-hybridized carbons (Fsp3) is 0.429. The predicted octanol–water partition coefficient (Wildman–Crippen LogP) is 3.91. The summed E-state index contributed by atoms with van der Waals surface area (Å²) in [5.74, 6) is 0.315. The molecule has 0 atom stereocenters. The van der Waals surface area contributed by atoms with Gasteiger partial charge in [-0.05, 0) is 30.3 Å². The van der Waals surface area contributed by atoms with E-state index < -0.39 is 0 Å². The van der Waals surface area contributed by atoms with Crippen molar-refractivity contribution in [2.24, 2.45) is 0 Å². The lowest BCUT2D eigenvalue weighted by atomic mass is 10.1. The van der Waals surface area contributed by atoms with Gasteiger partial charge < -0.3 is 19.3 Å². The third kappa shape index (κ3) is 4.94. The molecule has 6 nitrogen and oxygen atoms in total. The second-order valence-electron chi connectivity index (χ2n) is 7.20. The minimum absolute atomic E-state index is 0.0521. The number of anilines is 1. The van der Waals surface area contributed by atoms with E-state index in [0.29, 0.717) is 42.8 Å². The molecule has 29 heavy (non-hydrogen) atoms. The van der Waals surface area contributed by atoms with Gasteiger partial charge in [0.15, 0.2) is 0 Å². The number of hydrogen-bond acceptors (Lipinski definition) is 5. The summed E-state index contributed by atoms with van der Waals surface area (Å²) in [7, 11) is 0. The summed E-state index contributed by atoms with van der Waals surface area (Å²) in [4.78, 5) is 21.2. The summed E-state index contributed by atoms with van der Waals surface area (Å²) < 4.78 is 11.2. The number of ether oxygens (including phenoxy) is 2. The maximum Gasteiger partial charge on any atom is 0.255 e. The third-order valence-electron chi connectivity index (χ3n) is 5.26. The first-order valence-corrected chi connectivity index (χ1v) is 10.6. The Labute approximate surface area is 180 Å². The third-order valence-corrected chi connectivity index (χ3v) is 5.78. The Morgan fingerprint density at radius 2 is 1.76 bits per heavy atom. The molecular weight excluding hydrogens is 413 g/mol. The summed E-state index contributed by atoms with van der Waals surface area (Å²) in [5.41, 5.74) is 1.59. The Morgan fingerprint density at radius 1 is 1.07 bits per heavy atom. The molecule has 1 aromatic heterocycles. The number of aromatic nitrogens is 1. The molecule has 2 aliphatic heterocycles. The summed E-state index contributed by atoms with van der Waals surface area (Å²) in [6.07, 6.45) is 3.23. The van der Waals surface area contributed by atoms with Crippen LogP contribution in [0.4, 0.5) is 5.69 Å². The number of carbonyl (C=O) groups is 1. The molecule has 2 fully saturated rings. The molecule has 0 unspecified atom stereocenters. The molecule has 2 saturated heterocycles. The highest BCUT2D eigenvalue weighted by Crippen LogP contribution is 2.26. The van der Waals surface area contributed by atoms with Gasteiger partial charge in [0.1, 0.15) is 11.1 Å². The highest BCUT2D eigenvalue weighted by Gasteiger charge is 2.24. The van der Waals surface area contributed by atoms with E-state index in [0.717, 1.165) is 36.6 Å². The van der Waals surface area contributed by atoms with Crippen LogP contribution in [-0.2, 0) is 4.74 Å². The van der Waals surface area contributed by atoms with Crippen molar-refractivity contribution in [2.45, 2.75) is 18.9 Å². The van der Waals surface area contributed by atoms with E-state index in [9.17, 15) is 4.79 Å². The van der Waals surface area contributed by atoms with Gasteiger partial charge >= 0.3 is 0 Å². The predicted molar refractivity (Wildman–Crippen MR) is 113 cm³/mol. The van der Waals surface area contributed by atoms with E-state index in [2.05, 4.69) is 9.88 Å². The minimum atomic E-state index is -0.0622. The number of amides is 1. The number of hydrogen-bond donors (Lipinski definition) is 0. The lowest BCUT2D eigenvalue weighted by Crippen LogP contribution is -2.48.